The van der Waals surface area contributed by atoms with Crippen LogP contribution in [-0.4, -0.2) is 24.9 Å². The van der Waals surface area contributed by atoms with Crippen LogP contribution in [0.5, 0.6) is 0 Å². The molecule has 0 aromatic heterocycles. The van der Waals surface area contributed by atoms with Gasteiger partial charge in [0.05, 0.1) is 6.10 Å². The summed E-state index contributed by atoms with van der Waals surface area (Å²) in [6.45, 7) is 6.69. The number of ether oxygens (including phenoxy) is 1. The third-order valence-corrected chi connectivity index (χ3v) is 2.77. The molecule has 0 aromatic carbocycles. The summed E-state index contributed by atoms with van der Waals surface area (Å²) in [6.07, 6.45) is 2.80. The highest BCUT2D eigenvalue weighted by molar-refractivity contribution is 4.95. The Bertz CT molecular complexity index is 177. The van der Waals surface area contributed by atoms with E-state index in [1.165, 1.54) is 5.57 Å². The first-order valence-electron chi connectivity index (χ1n) is 4.95. The molecule has 1 rings (SSSR count). The number of aliphatic hydroxyl groups excluding tert-OH is 1. The minimum absolute atomic E-state index is 0.142. The molecule has 0 saturated heterocycles. The number of methoxy groups -OCH3 is 1. The van der Waals surface area contributed by atoms with Crippen molar-refractivity contribution >= 4 is 0 Å². The van der Waals surface area contributed by atoms with Gasteiger partial charge in [-0.15, -0.1) is 6.58 Å². The molecule has 3 unspecified atom stereocenters. The number of rotatable bonds is 4. The molecule has 1 saturated carbocycles. The second kappa shape index (κ2) is 4.77. The summed E-state index contributed by atoms with van der Waals surface area (Å²) >= 11 is 0. The Hall–Kier alpha value is -0.340. The zero-order chi connectivity index (χ0) is 9.84. The number of hydrogen-bond donors (Lipinski definition) is 1. The average molecular weight is 184 g/mol. The molecule has 1 fully saturated rings. The molecule has 1 N–H and O–H groups in total. The molecule has 76 valence electrons. The van der Waals surface area contributed by atoms with Gasteiger partial charge in [0.2, 0.25) is 0 Å². The fourth-order valence-corrected chi connectivity index (χ4v) is 2.25. The Morgan fingerprint density at radius 2 is 2.23 bits per heavy atom. The standard InChI is InChI=1S/C11H20O2/c1-8(2)4-10-5-9(7-13-3)6-11(10)12/h9-12H,1,4-7H2,2-3H3. The summed E-state index contributed by atoms with van der Waals surface area (Å²) in [4.78, 5) is 0. The normalized spacial score (nSPS) is 33.6. The van der Waals surface area contributed by atoms with E-state index in [9.17, 15) is 5.11 Å². The van der Waals surface area contributed by atoms with Crippen LogP contribution in [0.25, 0.3) is 0 Å². The molecule has 0 bridgehead atoms. The molecule has 1 aliphatic carbocycles. The first-order chi connectivity index (χ1) is 6.13. The van der Waals surface area contributed by atoms with Crippen molar-refractivity contribution < 1.29 is 9.84 Å². The molecule has 0 aromatic rings. The maximum absolute atomic E-state index is 9.74. The summed E-state index contributed by atoms with van der Waals surface area (Å²) in [5.41, 5.74) is 1.17. The second-order valence-electron chi connectivity index (χ2n) is 4.28. The highest BCUT2D eigenvalue weighted by atomic mass is 16.5. The molecule has 13 heavy (non-hydrogen) atoms. The summed E-state index contributed by atoms with van der Waals surface area (Å²) in [5.74, 6) is 0.960. The molecule has 0 heterocycles. The van der Waals surface area contributed by atoms with E-state index in [-0.39, 0.29) is 6.10 Å². The van der Waals surface area contributed by atoms with E-state index in [1.807, 2.05) is 6.92 Å². The Kier molecular flexibility index (Phi) is 3.94. The Morgan fingerprint density at radius 1 is 1.54 bits per heavy atom. The molecule has 1 aliphatic rings. The van der Waals surface area contributed by atoms with Gasteiger partial charge in [0.1, 0.15) is 0 Å². The first kappa shape index (κ1) is 10.7. The molecule has 0 radical (unpaired) electrons. The predicted molar refractivity (Wildman–Crippen MR) is 53.5 cm³/mol. The highest BCUT2D eigenvalue weighted by Crippen LogP contribution is 2.34. The summed E-state index contributed by atoms with van der Waals surface area (Å²) in [7, 11) is 1.72. The number of allylic oxidation sites excluding steroid dienone is 1. The van der Waals surface area contributed by atoms with Gasteiger partial charge in [-0.3, -0.25) is 0 Å². The lowest BCUT2D eigenvalue weighted by Crippen LogP contribution is -2.12. The van der Waals surface area contributed by atoms with E-state index in [0.717, 1.165) is 25.9 Å². The van der Waals surface area contributed by atoms with Crippen molar-refractivity contribution in [3.63, 3.8) is 0 Å². The summed E-state index contributed by atoms with van der Waals surface area (Å²) < 4.78 is 5.09. The van der Waals surface area contributed by atoms with Crippen molar-refractivity contribution in [2.75, 3.05) is 13.7 Å². The minimum Gasteiger partial charge on any atom is -0.393 e. The van der Waals surface area contributed by atoms with Crippen molar-refractivity contribution in [3.8, 4) is 0 Å². The van der Waals surface area contributed by atoms with E-state index >= 15 is 0 Å². The fourth-order valence-electron chi connectivity index (χ4n) is 2.25. The molecule has 0 aliphatic heterocycles. The maximum atomic E-state index is 9.74. The average Bonchev–Trinajstić information content (AvgIpc) is 2.31. The molecule has 2 nitrogen and oxygen atoms in total. The van der Waals surface area contributed by atoms with Gasteiger partial charge in [-0.05, 0) is 38.0 Å². The van der Waals surface area contributed by atoms with E-state index in [2.05, 4.69) is 6.58 Å². The zero-order valence-electron chi connectivity index (χ0n) is 8.62. The lowest BCUT2D eigenvalue weighted by Gasteiger charge is -2.13. The number of hydrogen-bond acceptors (Lipinski definition) is 2. The topological polar surface area (TPSA) is 29.5 Å². The summed E-state index contributed by atoms with van der Waals surface area (Å²) in [6, 6.07) is 0. The molecular weight excluding hydrogens is 164 g/mol. The van der Waals surface area contributed by atoms with Crippen LogP contribution in [0.1, 0.15) is 26.2 Å². The fraction of sp³-hybridized carbons (Fsp3) is 0.818. The van der Waals surface area contributed by atoms with Crippen LogP contribution < -0.4 is 0 Å². The van der Waals surface area contributed by atoms with E-state index in [1.54, 1.807) is 7.11 Å². The SMILES string of the molecule is C=C(C)CC1CC(COC)CC1O. The Labute approximate surface area is 80.6 Å². The van der Waals surface area contributed by atoms with Crippen molar-refractivity contribution in [2.24, 2.45) is 11.8 Å². The van der Waals surface area contributed by atoms with Gasteiger partial charge in [-0.25, -0.2) is 0 Å². The molecule has 2 heteroatoms. The predicted octanol–water partition coefficient (Wildman–Crippen LogP) is 1.99. The summed E-state index contributed by atoms with van der Waals surface area (Å²) in [5, 5.41) is 9.74. The second-order valence-corrected chi connectivity index (χ2v) is 4.28. The van der Waals surface area contributed by atoms with Crippen LogP contribution in [0.15, 0.2) is 12.2 Å². The monoisotopic (exact) mass is 184 g/mol. The van der Waals surface area contributed by atoms with Crippen LogP contribution in [0.3, 0.4) is 0 Å². The first-order valence-corrected chi connectivity index (χ1v) is 4.95. The van der Waals surface area contributed by atoms with Gasteiger partial charge in [-0.2, -0.15) is 0 Å². The van der Waals surface area contributed by atoms with Crippen LogP contribution in [0.2, 0.25) is 0 Å². The number of aliphatic hydroxyl groups is 1. The van der Waals surface area contributed by atoms with Crippen molar-refractivity contribution in [1.82, 2.24) is 0 Å². The van der Waals surface area contributed by atoms with Gasteiger partial charge in [0.25, 0.3) is 0 Å². The van der Waals surface area contributed by atoms with E-state index in [4.69, 9.17) is 4.74 Å². The van der Waals surface area contributed by atoms with E-state index in [0.29, 0.717) is 11.8 Å². The van der Waals surface area contributed by atoms with Crippen LogP contribution >= 0.6 is 0 Å². The Morgan fingerprint density at radius 3 is 2.77 bits per heavy atom. The molecule has 3 atom stereocenters. The highest BCUT2D eigenvalue weighted by Gasteiger charge is 2.32. The van der Waals surface area contributed by atoms with Gasteiger partial charge in [0.15, 0.2) is 0 Å². The third-order valence-electron chi connectivity index (χ3n) is 2.77. The molecular formula is C11H20O2. The maximum Gasteiger partial charge on any atom is 0.0575 e. The van der Waals surface area contributed by atoms with Crippen LogP contribution in [0.4, 0.5) is 0 Å². The lowest BCUT2D eigenvalue weighted by molar-refractivity contribution is 0.121. The zero-order valence-corrected chi connectivity index (χ0v) is 8.62. The van der Waals surface area contributed by atoms with E-state index < -0.39 is 0 Å². The minimum atomic E-state index is -0.142. The van der Waals surface area contributed by atoms with Gasteiger partial charge in [-0.1, -0.05) is 5.57 Å². The Balaban J connectivity index is 2.37. The van der Waals surface area contributed by atoms with Crippen LogP contribution in [-0.2, 0) is 4.74 Å². The van der Waals surface area contributed by atoms with Gasteiger partial charge >= 0.3 is 0 Å². The van der Waals surface area contributed by atoms with Gasteiger partial charge < -0.3 is 9.84 Å². The lowest BCUT2D eigenvalue weighted by atomic mass is 9.97. The van der Waals surface area contributed by atoms with Crippen molar-refractivity contribution in [2.45, 2.75) is 32.3 Å². The van der Waals surface area contributed by atoms with Crippen molar-refractivity contribution in [3.05, 3.63) is 12.2 Å². The third kappa shape index (κ3) is 3.12. The van der Waals surface area contributed by atoms with Crippen LogP contribution in [0, 0.1) is 11.8 Å². The smallest absolute Gasteiger partial charge is 0.0575 e. The quantitative estimate of drug-likeness (QED) is 0.677. The molecule has 0 spiro atoms. The molecule has 0 amide bonds. The van der Waals surface area contributed by atoms with Crippen molar-refractivity contribution in [1.29, 1.82) is 0 Å². The largest absolute Gasteiger partial charge is 0.393 e. The van der Waals surface area contributed by atoms with Gasteiger partial charge in [0, 0.05) is 13.7 Å².